The van der Waals surface area contributed by atoms with Crippen LogP contribution >= 0.6 is 8.19 Å². The third-order valence-corrected chi connectivity index (χ3v) is 24.5. The minimum atomic E-state index is -4.13. The van der Waals surface area contributed by atoms with E-state index in [9.17, 15) is 0 Å². The first-order chi connectivity index (χ1) is 15.3. The number of rotatable bonds is 5. The fraction of sp³-hybridized carbons (Fsp3) is 0.103. The van der Waals surface area contributed by atoms with E-state index in [0.717, 1.165) is 8.19 Å². The largest absolute Gasteiger partial charge is 1.00 e. The molecular weight excluding hydrogens is 498 g/mol. The average Bonchev–Trinajstić information content (AvgIpc) is 3.47. The quantitative estimate of drug-likeness (QED) is 0.308. The number of fused-ring (bicyclic) bond motifs is 1. The van der Waals surface area contributed by atoms with Gasteiger partial charge in [0.25, 0.3) is 0 Å². The molecule has 1 fully saturated rings. The van der Waals surface area contributed by atoms with Crippen molar-refractivity contribution in [2.45, 2.75) is 16.6 Å². The first-order valence-corrected chi connectivity index (χ1v) is 16.2. The van der Waals surface area contributed by atoms with Crippen LogP contribution in [0.25, 0.3) is 0 Å². The van der Waals surface area contributed by atoms with Gasteiger partial charge in [0.15, 0.2) is 0 Å². The number of benzene rings is 3. The molecule has 3 aromatic carbocycles. The van der Waals surface area contributed by atoms with Crippen LogP contribution in [0, 0.1) is 0 Å². The predicted octanol–water partition coefficient (Wildman–Crippen LogP) is -0.534. The standard InChI is InChI=1S/C7H7.3C6H5.C4H4P.2ClH.Ti/c1-2-6-4-5-7(6)3-1;3*1-2-4-6-5-3-1;1-2-4-5-3-1;;;/h1-3H,4-5H2;3*1-5H;1-3,5H;2*1H;/q;;;;;;;+2/p-2. The third-order valence-electron chi connectivity index (χ3n) is 8.12. The van der Waals surface area contributed by atoms with Crippen LogP contribution in [0.15, 0.2) is 133 Å². The van der Waals surface area contributed by atoms with Crippen LogP contribution in [0.4, 0.5) is 0 Å². The minimum Gasteiger partial charge on any atom is -1.00 e. The topological polar surface area (TPSA) is 0 Å². The Bertz CT molecular complexity index is 1180. The Labute approximate surface area is 211 Å². The molecule has 6 rings (SSSR count). The molecule has 1 heterocycles. The summed E-state index contributed by atoms with van der Waals surface area (Å²) in [6.07, 6.45) is 9.81. The van der Waals surface area contributed by atoms with Gasteiger partial charge in [0.05, 0.1) is 0 Å². The first kappa shape index (κ1) is 24.3. The zero-order valence-corrected chi connectivity index (χ0v) is 22.4. The van der Waals surface area contributed by atoms with Gasteiger partial charge in [-0.2, -0.15) is 0 Å². The van der Waals surface area contributed by atoms with Gasteiger partial charge in [0.1, 0.15) is 0 Å². The Morgan fingerprint density at radius 1 is 0.636 bits per heavy atom. The molecule has 2 unspecified atom stereocenters. The second kappa shape index (κ2) is 9.11. The molecule has 1 aromatic heterocycles. The summed E-state index contributed by atoms with van der Waals surface area (Å²) in [5.74, 6) is 2.39. The zero-order valence-electron chi connectivity index (χ0n) is 18.3. The molecule has 2 aliphatic rings. The van der Waals surface area contributed by atoms with Crippen molar-refractivity contribution in [1.82, 2.24) is 0 Å². The van der Waals surface area contributed by atoms with Crippen molar-refractivity contribution in [3.05, 3.63) is 133 Å². The van der Waals surface area contributed by atoms with E-state index in [1.54, 1.807) is 20.8 Å². The van der Waals surface area contributed by atoms with E-state index in [1.807, 2.05) is 0 Å². The van der Waals surface area contributed by atoms with E-state index in [2.05, 4.69) is 127 Å². The molecule has 1 saturated carbocycles. The van der Waals surface area contributed by atoms with Crippen molar-refractivity contribution in [3.8, 4) is 0 Å². The monoisotopic (exact) mass is 523 g/mol. The number of allylic oxidation sites excluding steroid dienone is 4. The molecule has 2 atom stereocenters. The summed E-state index contributed by atoms with van der Waals surface area (Å²) in [4.78, 5) is 0. The summed E-state index contributed by atoms with van der Waals surface area (Å²) in [5.41, 5.74) is 1.64. The molecule has 0 bridgehead atoms. The minimum absolute atomic E-state index is 0. The van der Waals surface area contributed by atoms with Gasteiger partial charge < -0.3 is 24.8 Å². The number of halogens is 2. The number of hydrogen-bond donors (Lipinski definition) is 0. The van der Waals surface area contributed by atoms with E-state index in [1.165, 1.54) is 12.8 Å². The normalized spacial score (nSPS) is 19.1. The van der Waals surface area contributed by atoms with Gasteiger partial charge in [-0.1, -0.05) is 0 Å². The van der Waals surface area contributed by atoms with Gasteiger partial charge in [-0.25, -0.2) is 0 Å². The van der Waals surface area contributed by atoms with E-state index in [0.29, 0.717) is 0 Å². The third kappa shape index (κ3) is 2.83. The molecule has 33 heavy (non-hydrogen) atoms. The van der Waals surface area contributed by atoms with Gasteiger partial charge in [-0.15, -0.1) is 0 Å². The Balaban J connectivity index is 0.00000130. The molecule has 0 spiro atoms. The van der Waals surface area contributed by atoms with Crippen LogP contribution in [-0.2, 0) is 15.3 Å². The smallest absolute Gasteiger partial charge is 1.00 e. The van der Waals surface area contributed by atoms with Gasteiger partial charge in [-0.3, -0.25) is 0 Å². The van der Waals surface area contributed by atoms with Crippen LogP contribution in [-0.4, -0.2) is 0 Å². The van der Waals surface area contributed by atoms with Gasteiger partial charge >= 0.3 is 188 Å². The van der Waals surface area contributed by atoms with Crippen molar-refractivity contribution in [2.24, 2.45) is 0 Å². The molecule has 0 radical (unpaired) electrons. The Morgan fingerprint density at radius 2 is 1.15 bits per heavy atom. The van der Waals surface area contributed by atoms with E-state index in [-0.39, 0.29) is 28.5 Å². The van der Waals surface area contributed by atoms with E-state index < -0.39 is 15.3 Å². The molecule has 0 aliphatic heterocycles. The Kier molecular flexibility index (Phi) is 6.72. The number of hydrogen-bond acceptors (Lipinski definition) is 0. The molecule has 4 heteroatoms. The van der Waals surface area contributed by atoms with Crippen LogP contribution in [0.5, 0.6) is 0 Å². The summed E-state index contributed by atoms with van der Waals surface area (Å²) < 4.78 is 6.42. The molecular formula is C29H26Cl2PTi. The van der Waals surface area contributed by atoms with Gasteiger partial charge in [0.2, 0.25) is 0 Å². The summed E-state index contributed by atoms with van der Waals surface area (Å²) in [6, 6.07) is 39.5. The fourth-order valence-corrected chi connectivity index (χ4v) is 26.1. The summed E-state index contributed by atoms with van der Waals surface area (Å²) >= 11 is -4.13. The molecule has 0 N–H and O–H groups in total. The molecule has 165 valence electrons. The van der Waals surface area contributed by atoms with Gasteiger partial charge in [0, 0.05) is 0 Å². The molecule has 0 nitrogen and oxygen atoms in total. The van der Waals surface area contributed by atoms with Crippen LogP contribution in [0.1, 0.15) is 12.8 Å². The van der Waals surface area contributed by atoms with Crippen molar-refractivity contribution in [1.29, 1.82) is 0 Å². The van der Waals surface area contributed by atoms with Crippen molar-refractivity contribution in [2.75, 3.05) is 0 Å². The maximum absolute atomic E-state index is 4.13. The Hall–Kier alpha value is -1.79. The molecule has 0 amide bonds. The summed E-state index contributed by atoms with van der Waals surface area (Å²) in [7, 11) is 0.734. The maximum atomic E-state index is 2.60. The van der Waals surface area contributed by atoms with E-state index in [4.69, 9.17) is 0 Å². The van der Waals surface area contributed by atoms with Crippen molar-refractivity contribution >= 4 is 23.4 Å². The Morgan fingerprint density at radius 3 is 1.52 bits per heavy atom. The SMILES string of the molecule is C1=C[C]2([Ti+2]([c]3ccccc3)([c]3ccccc3)([c]3ccccc3)[c]3ccc[pH]3)CCC2=C1.[Cl-].[Cl-]. The van der Waals surface area contributed by atoms with Crippen LogP contribution in [0.3, 0.4) is 0 Å². The fourth-order valence-electron chi connectivity index (χ4n) is 6.96. The van der Waals surface area contributed by atoms with Crippen molar-refractivity contribution < 1.29 is 40.1 Å². The first-order valence-electron chi connectivity index (χ1n) is 11.2. The predicted molar refractivity (Wildman–Crippen MR) is 133 cm³/mol. The van der Waals surface area contributed by atoms with E-state index >= 15 is 0 Å². The molecule has 0 saturated heterocycles. The maximum Gasteiger partial charge on any atom is -1.00 e. The second-order valence-electron chi connectivity index (χ2n) is 8.95. The van der Waals surface area contributed by atoms with Crippen LogP contribution < -0.4 is 40.0 Å². The average molecular weight is 524 g/mol. The van der Waals surface area contributed by atoms with Crippen LogP contribution in [0.2, 0.25) is 3.72 Å². The molecule has 4 aromatic rings. The molecule has 2 aliphatic carbocycles. The summed E-state index contributed by atoms with van der Waals surface area (Å²) in [6.45, 7) is 0. The zero-order chi connectivity index (χ0) is 20.8. The second-order valence-corrected chi connectivity index (χ2v) is 19.7. The van der Waals surface area contributed by atoms with Gasteiger partial charge in [-0.05, 0) is 0 Å². The summed E-state index contributed by atoms with van der Waals surface area (Å²) in [5, 5.41) is 0. The van der Waals surface area contributed by atoms with Crippen molar-refractivity contribution in [3.63, 3.8) is 0 Å².